The molecule has 20 heavy (non-hydrogen) atoms. The molecular formula is C16H27N3O. The highest BCUT2D eigenvalue weighted by molar-refractivity contribution is 5.62. The topological polar surface area (TPSA) is 41.7 Å². The zero-order valence-corrected chi connectivity index (χ0v) is 12.9. The molecule has 0 saturated carbocycles. The molecule has 2 rings (SSSR count). The summed E-state index contributed by atoms with van der Waals surface area (Å²) in [6.45, 7) is 8.69. The van der Waals surface area contributed by atoms with E-state index in [1.54, 1.807) is 0 Å². The molecule has 0 unspecified atom stereocenters. The minimum Gasteiger partial charge on any atom is -0.489 e. The van der Waals surface area contributed by atoms with Crippen LogP contribution in [0.3, 0.4) is 0 Å². The van der Waals surface area contributed by atoms with Crippen LogP contribution in [0.2, 0.25) is 0 Å². The van der Waals surface area contributed by atoms with Crippen LogP contribution in [-0.2, 0) is 0 Å². The van der Waals surface area contributed by atoms with Gasteiger partial charge in [-0.25, -0.2) is 0 Å². The molecule has 1 fully saturated rings. The van der Waals surface area contributed by atoms with Gasteiger partial charge in [-0.3, -0.25) is 0 Å². The van der Waals surface area contributed by atoms with Crippen molar-refractivity contribution in [1.29, 1.82) is 0 Å². The van der Waals surface area contributed by atoms with Gasteiger partial charge in [-0.15, -0.1) is 0 Å². The first-order valence-corrected chi connectivity index (χ1v) is 7.56. The Morgan fingerprint density at radius 2 is 2.00 bits per heavy atom. The third-order valence-corrected chi connectivity index (χ3v) is 3.75. The van der Waals surface area contributed by atoms with Gasteiger partial charge < -0.3 is 20.3 Å². The number of likely N-dealkylation sites (tertiary alicyclic amines) is 1. The Hall–Kier alpha value is -1.42. The molecule has 1 aliphatic rings. The first-order valence-electron chi connectivity index (χ1n) is 7.56. The molecule has 1 aliphatic heterocycles. The maximum atomic E-state index is 5.96. The number of anilines is 2. The van der Waals surface area contributed by atoms with Gasteiger partial charge >= 0.3 is 0 Å². The fraction of sp³-hybridized carbons (Fsp3) is 0.625. The van der Waals surface area contributed by atoms with E-state index in [1.165, 1.54) is 25.9 Å². The Labute approximate surface area is 122 Å². The molecule has 1 aromatic rings. The van der Waals surface area contributed by atoms with Crippen molar-refractivity contribution in [3.05, 3.63) is 18.2 Å². The number of benzene rings is 1. The van der Waals surface area contributed by atoms with E-state index in [4.69, 9.17) is 10.5 Å². The predicted molar refractivity (Wildman–Crippen MR) is 85.6 cm³/mol. The SMILES string of the molecule is CC(C)Oc1cc(N(C)CCN2CCCC2)ccc1N. The minimum absolute atomic E-state index is 0.141. The summed E-state index contributed by atoms with van der Waals surface area (Å²) in [7, 11) is 2.13. The molecule has 0 bridgehead atoms. The van der Waals surface area contributed by atoms with Crippen LogP contribution >= 0.6 is 0 Å². The number of likely N-dealkylation sites (N-methyl/N-ethyl adjacent to an activating group) is 1. The molecule has 0 aromatic heterocycles. The molecule has 2 N–H and O–H groups in total. The van der Waals surface area contributed by atoms with Crippen molar-refractivity contribution in [3.63, 3.8) is 0 Å². The van der Waals surface area contributed by atoms with Crippen molar-refractivity contribution >= 4 is 11.4 Å². The molecule has 1 aromatic carbocycles. The molecule has 1 saturated heterocycles. The van der Waals surface area contributed by atoms with Crippen LogP contribution in [0.1, 0.15) is 26.7 Å². The minimum atomic E-state index is 0.141. The van der Waals surface area contributed by atoms with Gasteiger partial charge in [0.05, 0.1) is 11.8 Å². The van der Waals surface area contributed by atoms with E-state index in [2.05, 4.69) is 22.9 Å². The molecule has 0 amide bonds. The Morgan fingerprint density at radius 3 is 2.65 bits per heavy atom. The summed E-state index contributed by atoms with van der Waals surface area (Å²) in [5.41, 5.74) is 7.82. The lowest BCUT2D eigenvalue weighted by Crippen LogP contribution is -2.31. The molecule has 0 atom stereocenters. The molecule has 4 heteroatoms. The fourth-order valence-corrected chi connectivity index (χ4v) is 2.54. The lowest BCUT2D eigenvalue weighted by Gasteiger charge is -2.24. The zero-order chi connectivity index (χ0) is 14.5. The van der Waals surface area contributed by atoms with E-state index in [0.717, 1.165) is 24.5 Å². The van der Waals surface area contributed by atoms with E-state index in [0.29, 0.717) is 5.69 Å². The second-order valence-corrected chi connectivity index (χ2v) is 5.86. The lowest BCUT2D eigenvalue weighted by molar-refractivity contribution is 0.244. The largest absolute Gasteiger partial charge is 0.489 e. The highest BCUT2D eigenvalue weighted by Gasteiger charge is 2.13. The number of rotatable bonds is 6. The maximum absolute atomic E-state index is 5.96. The van der Waals surface area contributed by atoms with Crippen LogP contribution in [0.25, 0.3) is 0 Å². The van der Waals surface area contributed by atoms with E-state index in [-0.39, 0.29) is 6.10 Å². The Kier molecular flexibility index (Phi) is 5.12. The number of ether oxygens (including phenoxy) is 1. The van der Waals surface area contributed by atoms with Crippen molar-refractivity contribution in [2.45, 2.75) is 32.8 Å². The quantitative estimate of drug-likeness (QED) is 0.812. The number of hydrogen-bond donors (Lipinski definition) is 1. The predicted octanol–water partition coefficient (Wildman–Crippen LogP) is 2.59. The highest BCUT2D eigenvalue weighted by Crippen LogP contribution is 2.28. The van der Waals surface area contributed by atoms with Gasteiger partial charge in [0.15, 0.2) is 0 Å². The summed E-state index contributed by atoms with van der Waals surface area (Å²) in [6, 6.07) is 6.03. The standard InChI is InChI=1S/C16H27N3O/c1-13(2)20-16-12-14(6-7-15(16)17)18(3)10-11-19-8-4-5-9-19/h6-7,12-13H,4-5,8-11,17H2,1-3H3. The number of nitrogens with zero attached hydrogens (tertiary/aromatic N) is 2. The van der Waals surface area contributed by atoms with Crippen LogP contribution < -0.4 is 15.4 Å². The zero-order valence-electron chi connectivity index (χ0n) is 12.9. The Bertz CT molecular complexity index is 428. The third-order valence-electron chi connectivity index (χ3n) is 3.75. The van der Waals surface area contributed by atoms with Gasteiger partial charge in [-0.1, -0.05) is 0 Å². The smallest absolute Gasteiger partial charge is 0.144 e. The second-order valence-electron chi connectivity index (χ2n) is 5.86. The molecule has 4 nitrogen and oxygen atoms in total. The molecule has 0 aliphatic carbocycles. The van der Waals surface area contributed by atoms with Crippen molar-refractivity contribution in [3.8, 4) is 5.75 Å². The summed E-state index contributed by atoms with van der Waals surface area (Å²) in [4.78, 5) is 4.80. The lowest BCUT2D eigenvalue weighted by atomic mass is 10.2. The first-order chi connectivity index (χ1) is 9.56. The third kappa shape index (κ3) is 4.04. The first kappa shape index (κ1) is 15.0. The second kappa shape index (κ2) is 6.84. The van der Waals surface area contributed by atoms with Crippen molar-refractivity contribution < 1.29 is 4.74 Å². The molecule has 0 radical (unpaired) electrons. The highest BCUT2D eigenvalue weighted by atomic mass is 16.5. The number of hydrogen-bond acceptors (Lipinski definition) is 4. The summed E-state index contributed by atoms with van der Waals surface area (Å²) in [6.07, 6.45) is 2.83. The van der Waals surface area contributed by atoms with Gasteiger partial charge in [0.25, 0.3) is 0 Å². The average Bonchev–Trinajstić information content (AvgIpc) is 2.91. The summed E-state index contributed by atoms with van der Waals surface area (Å²) in [5.74, 6) is 0.783. The molecule has 0 spiro atoms. The van der Waals surface area contributed by atoms with Crippen LogP contribution in [-0.4, -0.2) is 44.2 Å². The Balaban J connectivity index is 1.96. The molecular weight excluding hydrogens is 250 g/mol. The summed E-state index contributed by atoms with van der Waals surface area (Å²) < 4.78 is 5.75. The summed E-state index contributed by atoms with van der Waals surface area (Å²) >= 11 is 0. The summed E-state index contributed by atoms with van der Waals surface area (Å²) in [5, 5.41) is 0. The number of nitrogen functional groups attached to an aromatic ring is 1. The van der Waals surface area contributed by atoms with Crippen molar-refractivity contribution in [1.82, 2.24) is 4.90 Å². The normalized spacial score (nSPS) is 15.8. The number of nitrogens with two attached hydrogens (primary N) is 1. The van der Waals surface area contributed by atoms with E-state index >= 15 is 0 Å². The fourth-order valence-electron chi connectivity index (χ4n) is 2.54. The maximum Gasteiger partial charge on any atom is 0.144 e. The van der Waals surface area contributed by atoms with Gasteiger partial charge in [0.2, 0.25) is 0 Å². The van der Waals surface area contributed by atoms with Gasteiger partial charge in [-0.05, 0) is 51.9 Å². The van der Waals surface area contributed by atoms with Gasteiger partial charge in [0.1, 0.15) is 5.75 Å². The molecule has 1 heterocycles. The van der Waals surface area contributed by atoms with Crippen LogP contribution in [0, 0.1) is 0 Å². The van der Waals surface area contributed by atoms with Crippen LogP contribution in [0.15, 0.2) is 18.2 Å². The van der Waals surface area contributed by atoms with Gasteiger partial charge in [-0.2, -0.15) is 0 Å². The van der Waals surface area contributed by atoms with Crippen LogP contribution in [0.5, 0.6) is 5.75 Å². The van der Waals surface area contributed by atoms with E-state index < -0.39 is 0 Å². The van der Waals surface area contributed by atoms with Crippen LogP contribution in [0.4, 0.5) is 11.4 Å². The van der Waals surface area contributed by atoms with E-state index in [1.807, 2.05) is 26.0 Å². The van der Waals surface area contributed by atoms with Gasteiger partial charge in [0, 0.05) is 31.9 Å². The van der Waals surface area contributed by atoms with Crippen molar-refractivity contribution in [2.75, 3.05) is 43.9 Å². The Morgan fingerprint density at radius 1 is 1.30 bits per heavy atom. The van der Waals surface area contributed by atoms with E-state index in [9.17, 15) is 0 Å². The molecule has 112 valence electrons. The average molecular weight is 277 g/mol. The van der Waals surface area contributed by atoms with Crippen molar-refractivity contribution in [2.24, 2.45) is 0 Å². The monoisotopic (exact) mass is 277 g/mol.